The normalized spacial score (nSPS) is 20.9. The van der Waals surface area contributed by atoms with Gasteiger partial charge in [-0.05, 0) is 57.2 Å². The fourth-order valence-electron chi connectivity index (χ4n) is 2.92. The average Bonchev–Trinajstić information content (AvgIpc) is 2.89. The molecule has 0 aliphatic carbocycles. The Morgan fingerprint density at radius 3 is 2.54 bits per heavy atom. The number of amides is 1. The molecule has 1 fully saturated rings. The van der Waals surface area contributed by atoms with Gasteiger partial charge in [0.05, 0.1) is 0 Å². The Kier molecular flexibility index (Phi) is 5.48. The van der Waals surface area contributed by atoms with Crippen LogP contribution in [0.4, 0.5) is 18.0 Å². The highest BCUT2D eigenvalue weighted by Gasteiger charge is 2.41. The zero-order chi connectivity index (χ0) is 19.7. The predicted molar refractivity (Wildman–Crippen MR) is 85.4 cm³/mol. The van der Waals surface area contributed by atoms with E-state index in [4.69, 9.17) is 4.74 Å². The number of aliphatic carboxylic acids is 1. The minimum atomic E-state index is -4.54. The Morgan fingerprint density at radius 1 is 1.35 bits per heavy atom. The van der Waals surface area contributed by atoms with E-state index in [1.165, 1.54) is 6.07 Å². The average molecular weight is 374 g/mol. The zero-order valence-corrected chi connectivity index (χ0v) is 14.7. The molecule has 1 N–H and O–H groups in total. The third-order valence-corrected chi connectivity index (χ3v) is 3.94. The number of hydrogen-bond donors (Lipinski definition) is 1. The Balaban J connectivity index is 2.12. The lowest BCUT2D eigenvalue weighted by atomic mass is 9.97. The van der Waals surface area contributed by atoms with Crippen LogP contribution in [-0.4, -0.2) is 45.2 Å². The quantitative estimate of drug-likeness (QED) is 0.878. The molecule has 144 valence electrons. The van der Waals surface area contributed by atoms with Crippen molar-refractivity contribution in [1.82, 2.24) is 9.88 Å². The van der Waals surface area contributed by atoms with E-state index in [1.807, 2.05) is 0 Å². The summed E-state index contributed by atoms with van der Waals surface area (Å²) >= 11 is 0. The number of pyridine rings is 1. The van der Waals surface area contributed by atoms with Crippen molar-refractivity contribution in [2.75, 3.05) is 6.54 Å². The number of carbonyl (C=O) groups excluding carboxylic acids is 1. The number of halogens is 3. The van der Waals surface area contributed by atoms with Crippen molar-refractivity contribution in [2.45, 2.75) is 51.4 Å². The number of nitrogens with zero attached hydrogens (tertiary/aromatic N) is 2. The SMILES string of the molecule is CC(C)(C)OC(=O)N1C[C@H](Cc2ccnc(C(F)(F)F)c2)C[C@H]1C(=O)O. The Bertz CT molecular complexity index is 685. The molecule has 26 heavy (non-hydrogen) atoms. The van der Waals surface area contributed by atoms with Crippen molar-refractivity contribution >= 4 is 12.1 Å². The number of hydrogen-bond acceptors (Lipinski definition) is 4. The van der Waals surface area contributed by atoms with E-state index < -0.39 is 35.6 Å². The first-order valence-corrected chi connectivity index (χ1v) is 8.11. The molecule has 9 heteroatoms. The summed E-state index contributed by atoms with van der Waals surface area (Å²) in [6.07, 6.45) is -3.84. The summed E-state index contributed by atoms with van der Waals surface area (Å²) < 4.78 is 43.5. The minimum absolute atomic E-state index is 0.107. The first-order chi connectivity index (χ1) is 11.9. The lowest BCUT2D eigenvalue weighted by molar-refractivity contribution is -0.142. The minimum Gasteiger partial charge on any atom is -0.480 e. The molecule has 0 bridgehead atoms. The molecule has 1 aliphatic rings. The van der Waals surface area contributed by atoms with Crippen molar-refractivity contribution in [3.8, 4) is 0 Å². The molecule has 1 aliphatic heterocycles. The number of aromatic nitrogens is 1. The van der Waals surface area contributed by atoms with E-state index >= 15 is 0 Å². The Labute approximate surface area is 149 Å². The van der Waals surface area contributed by atoms with Gasteiger partial charge in [-0.3, -0.25) is 9.88 Å². The van der Waals surface area contributed by atoms with Crippen LogP contribution in [0, 0.1) is 5.92 Å². The van der Waals surface area contributed by atoms with Gasteiger partial charge in [0.25, 0.3) is 0 Å². The molecule has 6 nitrogen and oxygen atoms in total. The van der Waals surface area contributed by atoms with Crippen LogP contribution in [0.2, 0.25) is 0 Å². The molecule has 1 aromatic heterocycles. The van der Waals surface area contributed by atoms with E-state index in [2.05, 4.69) is 4.98 Å². The molecule has 0 aromatic carbocycles. The van der Waals surface area contributed by atoms with Gasteiger partial charge < -0.3 is 9.84 Å². The second-order valence-electron chi connectivity index (χ2n) is 7.34. The summed E-state index contributed by atoms with van der Waals surface area (Å²) in [6.45, 7) is 5.12. The molecule has 0 saturated carbocycles. The monoisotopic (exact) mass is 374 g/mol. The summed E-state index contributed by atoms with van der Waals surface area (Å²) in [5.41, 5.74) is -1.37. The van der Waals surface area contributed by atoms with Gasteiger partial charge in [0, 0.05) is 12.7 Å². The van der Waals surface area contributed by atoms with Crippen molar-refractivity contribution in [2.24, 2.45) is 5.92 Å². The third kappa shape index (κ3) is 5.09. The van der Waals surface area contributed by atoms with E-state index in [-0.39, 0.29) is 25.3 Å². The summed E-state index contributed by atoms with van der Waals surface area (Å²) in [7, 11) is 0. The molecule has 0 unspecified atom stereocenters. The first kappa shape index (κ1) is 20.0. The fourth-order valence-corrected chi connectivity index (χ4v) is 2.92. The first-order valence-electron chi connectivity index (χ1n) is 8.11. The summed E-state index contributed by atoms with van der Waals surface area (Å²) in [5, 5.41) is 9.36. The number of likely N-dealkylation sites (tertiary alicyclic amines) is 1. The van der Waals surface area contributed by atoms with Gasteiger partial charge in [0.15, 0.2) is 0 Å². The molecule has 0 spiro atoms. The summed E-state index contributed by atoms with van der Waals surface area (Å²) in [5.74, 6) is -1.45. The van der Waals surface area contributed by atoms with E-state index in [0.29, 0.717) is 5.56 Å². The maximum absolute atomic E-state index is 12.8. The van der Waals surface area contributed by atoms with Crippen LogP contribution in [0.25, 0.3) is 0 Å². The van der Waals surface area contributed by atoms with Gasteiger partial charge in [-0.1, -0.05) is 0 Å². The fraction of sp³-hybridized carbons (Fsp3) is 0.588. The van der Waals surface area contributed by atoms with E-state index in [9.17, 15) is 27.9 Å². The van der Waals surface area contributed by atoms with Crippen LogP contribution >= 0.6 is 0 Å². The van der Waals surface area contributed by atoms with Crippen molar-refractivity contribution in [3.63, 3.8) is 0 Å². The lowest BCUT2D eigenvalue weighted by Gasteiger charge is -2.26. The molecule has 2 atom stereocenters. The number of carbonyl (C=O) groups is 2. The predicted octanol–water partition coefficient (Wildman–Crippen LogP) is 3.35. The smallest absolute Gasteiger partial charge is 0.433 e. The van der Waals surface area contributed by atoms with Crippen LogP contribution in [0.15, 0.2) is 18.3 Å². The lowest BCUT2D eigenvalue weighted by Crippen LogP contribution is -2.43. The van der Waals surface area contributed by atoms with Crippen LogP contribution in [0.5, 0.6) is 0 Å². The van der Waals surface area contributed by atoms with Gasteiger partial charge in [-0.15, -0.1) is 0 Å². The topological polar surface area (TPSA) is 79.7 Å². The molecular weight excluding hydrogens is 353 g/mol. The molecular formula is C17H21F3N2O4. The summed E-state index contributed by atoms with van der Waals surface area (Å²) in [4.78, 5) is 28.1. The Hall–Kier alpha value is -2.32. The number of carboxylic acid groups (broad SMARTS) is 1. The van der Waals surface area contributed by atoms with Crippen molar-refractivity contribution in [1.29, 1.82) is 0 Å². The molecule has 0 radical (unpaired) electrons. The largest absolute Gasteiger partial charge is 0.480 e. The molecule has 2 rings (SSSR count). The van der Waals surface area contributed by atoms with Gasteiger partial charge in [0.2, 0.25) is 0 Å². The maximum Gasteiger partial charge on any atom is 0.433 e. The van der Waals surface area contributed by atoms with Crippen molar-refractivity contribution in [3.05, 3.63) is 29.6 Å². The zero-order valence-electron chi connectivity index (χ0n) is 14.7. The summed E-state index contributed by atoms with van der Waals surface area (Å²) in [6, 6.07) is 1.35. The highest BCUT2D eigenvalue weighted by atomic mass is 19.4. The second-order valence-corrected chi connectivity index (χ2v) is 7.34. The molecule has 1 saturated heterocycles. The van der Waals surface area contributed by atoms with Crippen LogP contribution in [0.1, 0.15) is 38.4 Å². The van der Waals surface area contributed by atoms with Gasteiger partial charge in [0.1, 0.15) is 17.3 Å². The Morgan fingerprint density at radius 2 is 2.00 bits per heavy atom. The van der Waals surface area contributed by atoms with Crippen molar-refractivity contribution < 1.29 is 32.6 Å². The second kappa shape index (κ2) is 7.13. The van der Waals surface area contributed by atoms with Crippen LogP contribution in [-0.2, 0) is 22.1 Å². The highest BCUT2D eigenvalue weighted by Crippen LogP contribution is 2.31. The van der Waals surface area contributed by atoms with E-state index in [1.54, 1.807) is 20.8 Å². The van der Waals surface area contributed by atoms with Crippen LogP contribution < -0.4 is 0 Å². The number of carboxylic acids is 1. The van der Waals surface area contributed by atoms with Gasteiger partial charge in [-0.2, -0.15) is 13.2 Å². The third-order valence-electron chi connectivity index (χ3n) is 3.94. The number of alkyl halides is 3. The molecule has 1 aromatic rings. The van der Waals surface area contributed by atoms with E-state index in [0.717, 1.165) is 17.2 Å². The van der Waals surface area contributed by atoms with Gasteiger partial charge in [-0.25, -0.2) is 9.59 Å². The number of rotatable bonds is 3. The van der Waals surface area contributed by atoms with Gasteiger partial charge >= 0.3 is 18.2 Å². The molecule has 2 heterocycles. The maximum atomic E-state index is 12.8. The number of ether oxygens (including phenoxy) is 1. The van der Waals surface area contributed by atoms with Crippen LogP contribution in [0.3, 0.4) is 0 Å². The highest BCUT2D eigenvalue weighted by molar-refractivity contribution is 5.81. The standard InChI is InChI=1S/C17H21F3N2O4/c1-16(2,3)26-15(25)22-9-11(7-12(22)14(23)24)6-10-4-5-21-13(8-10)17(18,19)20/h4-5,8,11-12H,6-7,9H2,1-3H3,(H,23,24)/t11-,12+/m1/s1. The molecule has 1 amide bonds.